The molecule has 3 nitrogen and oxygen atoms in total. The minimum atomic E-state index is -0.287. The molecule has 128 valence electrons. The SMILES string of the molecule is O=C(CSc1ccc(F)cc1)Nc1ncc(Cc2ccc(Cl)cc2)s1. The number of aromatic nitrogens is 1. The van der Waals surface area contributed by atoms with Gasteiger partial charge in [-0.2, -0.15) is 0 Å². The lowest BCUT2D eigenvalue weighted by molar-refractivity contribution is -0.113. The molecule has 0 aliphatic heterocycles. The van der Waals surface area contributed by atoms with Crippen LogP contribution in [0.4, 0.5) is 9.52 Å². The van der Waals surface area contributed by atoms with Crippen molar-refractivity contribution >= 4 is 45.7 Å². The third kappa shape index (κ3) is 5.56. The van der Waals surface area contributed by atoms with E-state index in [1.165, 1.54) is 35.2 Å². The Kier molecular flexibility index (Phi) is 6.07. The van der Waals surface area contributed by atoms with Crippen LogP contribution in [0, 0.1) is 5.82 Å². The summed E-state index contributed by atoms with van der Waals surface area (Å²) in [5.41, 5.74) is 1.14. The van der Waals surface area contributed by atoms with Crippen molar-refractivity contribution in [3.63, 3.8) is 0 Å². The number of nitrogens with one attached hydrogen (secondary N) is 1. The van der Waals surface area contributed by atoms with E-state index in [1.54, 1.807) is 18.3 Å². The summed E-state index contributed by atoms with van der Waals surface area (Å²) in [5.74, 6) is -0.177. The Bertz CT molecular complexity index is 850. The van der Waals surface area contributed by atoms with Crippen molar-refractivity contribution in [1.29, 1.82) is 0 Å². The van der Waals surface area contributed by atoms with E-state index in [0.717, 1.165) is 21.8 Å². The summed E-state index contributed by atoms with van der Waals surface area (Å²) in [6, 6.07) is 13.7. The van der Waals surface area contributed by atoms with E-state index in [1.807, 2.05) is 24.3 Å². The molecule has 1 heterocycles. The number of amides is 1. The third-order valence-corrected chi connectivity index (χ3v) is 5.45. The number of benzene rings is 2. The molecule has 0 radical (unpaired) electrons. The molecule has 0 bridgehead atoms. The minimum Gasteiger partial charge on any atom is -0.301 e. The van der Waals surface area contributed by atoms with Crippen LogP contribution >= 0.6 is 34.7 Å². The highest BCUT2D eigenvalue weighted by Crippen LogP contribution is 2.23. The van der Waals surface area contributed by atoms with Gasteiger partial charge in [-0.1, -0.05) is 23.7 Å². The molecule has 0 aliphatic rings. The van der Waals surface area contributed by atoms with Gasteiger partial charge < -0.3 is 5.32 Å². The Hall–Kier alpha value is -1.89. The van der Waals surface area contributed by atoms with Gasteiger partial charge in [-0.05, 0) is 42.0 Å². The first-order valence-electron chi connectivity index (χ1n) is 7.46. The van der Waals surface area contributed by atoms with Gasteiger partial charge in [-0.25, -0.2) is 9.37 Å². The van der Waals surface area contributed by atoms with Crippen molar-refractivity contribution in [2.45, 2.75) is 11.3 Å². The topological polar surface area (TPSA) is 42.0 Å². The summed E-state index contributed by atoms with van der Waals surface area (Å²) in [6.45, 7) is 0. The number of hydrogen-bond donors (Lipinski definition) is 1. The lowest BCUT2D eigenvalue weighted by atomic mass is 10.1. The fraction of sp³-hybridized carbons (Fsp3) is 0.111. The second-order valence-corrected chi connectivity index (χ2v) is 7.83. The Balaban J connectivity index is 1.51. The summed E-state index contributed by atoms with van der Waals surface area (Å²) in [6.07, 6.45) is 2.51. The first-order valence-corrected chi connectivity index (χ1v) is 9.64. The van der Waals surface area contributed by atoms with Gasteiger partial charge in [0.25, 0.3) is 0 Å². The number of thioether (sulfide) groups is 1. The number of carbonyl (C=O) groups is 1. The van der Waals surface area contributed by atoms with Crippen LogP contribution in [0.3, 0.4) is 0 Å². The van der Waals surface area contributed by atoms with Crippen molar-refractivity contribution in [3.05, 3.63) is 76.0 Å². The van der Waals surface area contributed by atoms with Crippen LogP contribution in [-0.2, 0) is 11.2 Å². The Labute approximate surface area is 158 Å². The van der Waals surface area contributed by atoms with Gasteiger partial charge in [-0.3, -0.25) is 4.79 Å². The molecule has 1 aromatic heterocycles. The molecule has 7 heteroatoms. The molecule has 25 heavy (non-hydrogen) atoms. The standard InChI is InChI=1S/C18H14ClFN2OS2/c19-13-3-1-12(2-4-13)9-16-10-21-18(25-16)22-17(23)11-24-15-7-5-14(20)6-8-15/h1-8,10H,9,11H2,(H,21,22,23). The van der Waals surface area contributed by atoms with Gasteiger partial charge in [-0.15, -0.1) is 23.1 Å². The normalized spacial score (nSPS) is 10.6. The highest BCUT2D eigenvalue weighted by Gasteiger charge is 2.08. The summed E-state index contributed by atoms with van der Waals surface area (Å²) in [5, 5.41) is 4.08. The number of hydrogen-bond acceptors (Lipinski definition) is 4. The first-order chi connectivity index (χ1) is 12.1. The second kappa shape index (κ2) is 8.47. The highest BCUT2D eigenvalue weighted by molar-refractivity contribution is 8.00. The molecule has 0 saturated carbocycles. The minimum absolute atomic E-state index is 0.137. The van der Waals surface area contributed by atoms with Crippen molar-refractivity contribution in [1.82, 2.24) is 4.98 Å². The van der Waals surface area contributed by atoms with Crippen LogP contribution in [0.2, 0.25) is 5.02 Å². The van der Waals surface area contributed by atoms with Gasteiger partial charge in [0.1, 0.15) is 5.82 Å². The fourth-order valence-corrected chi connectivity index (χ4v) is 3.77. The number of nitrogens with zero attached hydrogens (tertiary/aromatic N) is 1. The van der Waals surface area contributed by atoms with Gasteiger partial charge in [0.05, 0.1) is 5.75 Å². The number of halogens is 2. The number of rotatable bonds is 6. The van der Waals surface area contributed by atoms with E-state index in [4.69, 9.17) is 11.6 Å². The number of carbonyl (C=O) groups excluding carboxylic acids is 1. The third-order valence-electron chi connectivity index (χ3n) is 3.28. The zero-order valence-corrected chi connectivity index (χ0v) is 15.4. The molecular weight excluding hydrogens is 379 g/mol. The molecule has 1 N–H and O–H groups in total. The summed E-state index contributed by atoms with van der Waals surface area (Å²) in [4.78, 5) is 18.1. The van der Waals surface area contributed by atoms with Crippen molar-refractivity contribution in [2.75, 3.05) is 11.1 Å². The summed E-state index contributed by atoms with van der Waals surface area (Å²) >= 11 is 8.68. The van der Waals surface area contributed by atoms with E-state index in [2.05, 4.69) is 10.3 Å². The molecule has 3 aromatic rings. The van der Waals surface area contributed by atoms with Crippen LogP contribution in [0.5, 0.6) is 0 Å². The van der Waals surface area contributed by atoms with Crippen LogP contribution in [0.15, 0.2) is 59.6 Å². The average molecular weight is 393 g/mol. The van der Waals surface area contributed by atoms with E-state index >= 15 is 0 Å². The maximum atomic E-state index is 12.8. The lowest BCUT2D eigenvalue weighted by Crippen LogP contribution is -2.13. The zero-order valence-electron chi connectivity index (χ0n) is 13.0. The second-order valence-electron chi connectivity index (χ2n) is 5.23. The molecule has 0 saturated heterocycles. The Morgan fingerprint density at radius 3 is 2.60 bits per heavy atom. The quantitative estimate of drug-likeness (QED) is 0.582. The van der Waals surface area contributed by atoms with Gasteiger partial charge in [0.2, 0.25) is 5.91 Å². The largest absolute Gasteiger partial charge is 0.301 e. The number of anilines is 1. The van der Waals surface area contributed by atoms with Crippen molar-refractivity contribution in [2.24, 2.45) is 0 Å². The van der Waals surface area contributed by atoms with Crippen LogP contribution in [-0.4, -0.2) is 16.6 Å². The summed E-state index contributed by atoms with van der Waals surface area (Å²) < 4.78 is 12.8. The Morgan fingerprint density at radius 2 is 1.88 bits per heavy atom. The van der Waals surface area contributed by atoms with E-state index in [9.17, 15) is 9.18 Å². The van der Waals surface area contributed by atoms with E-state index in [0.29, 0.717) is 10.2 Å². The first kappa shape index (κ1) is 17.9. The maximum absolute atomic E-state index is 12.8. The molecule has 1 amide bonds. The predicted molar refractivity (Wildman–Crippen MR) is 102 cm³/mol. The van der Waals surface area contributed by atoms with Crippen LogP contribution in [0.25, 0.3) is 0 Å². The maximum Gasteiger partial charge on any atom is 0.236 e. The fourth-order valence-electron chi connectivity index (χ4n) is 2.09. The van der Waals surface area contributed by atoms with Gasteiger partial charge in [0, 0.05) is 27.4 Å². The predicted octanol–water partition coefficient (Wildman–Crippen LogP) is 5.26. The summed E-state index contributed by atoms with van der Waals surface area (Å²) in [7, 11) is 0. The van der Waals surface area contributed by atoms with Crippen LogP contribution < -0.4 is 5.32 Å². The Morgan fingerprint density at radius 1 is 1.16 bits per heavy atom. The van der Waals surface area contributed by atoms with Crippen molar-refractivity contribution < 1.29 is 9.18 Å². The monoisotopic (exact) mass is 392 g/mol. The van der Waals surface area contributed by atoms with Crippen LogP contribution in [0.1, 0.15) is 10.4 Å². The lowest BCUT2D eigenvalue weighted by Gasteiger charge is -2.02. The molecular formula is C18H14ClFN2OS2. The zero-order chi connectivity index (χ0) is 17.6. The number of thiazole rings is 1. The molecule has 3 rings (SSSR count). The molecule has 0 spiro atoms. The smallest absolute Gasteiger partial charge is 0.236 e. The van der Waals surface area contributed by atoms with Crippen molar-refractivity contribution in [3.8, 4) is 0 Å². The molecule has 2 aromatic carbocycles. The van der Waals surface area contributed by atoms with Gasteiger partial charge >= 0.3 is 0 Å². The molecule has 0 atom stereocenters. The molecule has 0 unspecified atom stereocenters. The van der Waals surface area contributed by atoms with E-state index in [-0.39, 0.29) is 17.5 Å². The average Bonchev–Trinajstić information content (AvgIpc) is 3.03. The molecule has 0 fully saturated rings. The molecule has 0 aliphatic carbocycles. The van der Waals surface area contributed by atoms with E-state index < -0.39 is 0 Å². The highest BCUT2D eigenvalue weighted by atomic mass is 35.5. The van der Waals surface area contributed by atoms with Gasteiger partial charge in [0.15, 0.2) is 5.13 Å².